The molecule has 1 aliphatic carbocycles. The number of aromatic nitrogens is 1. The van der Waals surface area contributed by atoms with Gasteiger partial charge in [0.25, 0.3) is 0 Å². The first-order chi connectivity index (χ1) is 14.1. The van der Waals surface area contributed by atoms with Gasteiger partial charge in [-0.15, -0.1) is 0 Å². The molecular formula is C20H16ClF4N3OS. The van der Waals surface area contributed by atoms with Crippen molar-refractivity contribution >= 4 is 35.0 Å². The number of anilines is 1. The van der Waals surface area contributed by atoms with Gasteiger partial charge in [0.2, 0.25) is 5.91 Å². The van der Waals surface area contributed by atoms with Crippen molar-refractivity contribution in [2.24, 2.45) is 5.92 Å². The number of amides is 1. The molecule has 4 nitrogen and oxygen atoms in total. The molecule has 1 heterocycles. The number of nitrogens with zero attached hydrogens (tertiary/aromatic N) is 2. The second-order valence-corrected chi connectivity index (χ2v) is 8.39. The predicted molar refractivity (Wildman–Crippen MR) is 106 cm³/mol. The molecule has 0 saturated heterocycles. The van der Waals surface area contributed by atoms with Crippen molar-refractivity contribution in [3.8, 4) is 6.07 Å². The molecule has 0 spiro atoms. The van der Waals surface area contributed by atoms with Crippen LogP contribution >= 0.6 is 23.4 Å². The fourth-order valence-corrected chi connectivity index (χ4v) is 4.32. The van der Waals surface area contributed by atoms with E-state index in [1.807, 2.05) is 6.92 Å². The molecule has 1 aromatic heterocycles. The highest BCUT2D eigenvalue weighted by Gasteiger charge is 2.40. The van der Waals surface area contributed by atoms with E-state index in [1.54, 1.807) is 6.07 Å². The van der Waals surface area contributed by atoms with E-state index in [0.717, 1.165) is 17.8 Å². The lowest BCUT2D eigenvalue weighted by molar-refractivity contribution is -0.138. The van der Waals surface area contributed by atoms with Gasteiger partial charge in [0.05, 0.1) is 21.9 Å². The van der Waals surface area contributed by atoms with Gasteiger partial charge in [0, 0.05) is 11.4 Å². The smallest absolute Gasteiger partial charge is 0.325 e. The Bertz CT molecular complexity index is 1040. The summed E-state index contributed by atoms with van der Waals surface area (Å²) in [5.74, 6) is -1.40. The number of carbonyl (C=O) groups excluding carboxylic acids is 1. The molecule has 0 radical (unpaired) electrons. The van der Waals surface area contributed by atoms with Gasteiger partial charge in [-0.05, 0) is 48.9 Å². The molecule has 3 rings (SSSR count). The molecule has 0 fully saturated rings. The van der Waals surface area contributed by atoms with E-state index in [4.69, 9.17) is 11.6 Å². The summed E-state index contributed by atoms with van der Waals surface area (Å²) in [5.41, 5.74) is -0.858. The van der Waals surface area contributed by atoms with Crippen molar-refractivity contribution in [2.45, 2.75) is 37.4 Å². The number of halogens is 5. The minimum Gasteiger partial charge on any atom is -0.325 e. The molecule has 1 aromatic carbocycles. The quantitative estimate of drug-likeness (QED) is 0.478. The molecule has 30 heavy (non-hydrogen) atoms. The van der Waals surface area contributed by atoms with Crippen LogP contribution in [-0.2, 0) is 23.8 Å². The van der Waals surface area contributed by atoms with Gasteiger partial charge in [-0.3, -0.25) is 4.79 Å². The average Bonchev–Trinajstić information content (AvgIpc) is 2.67. The summed E-state index contributed by atoms with van der Waals surface area (Å²) in [7, 11) is 0. The third-order valence-electron chi connectivity index (χ3n) is 4.72. The fraction of sp³-hybridized carbons (Fsp3) is 0.350. The lowest BCUT2D eigenvalue weighted by Crippen LogP contribution is -2.22. The summed E-state index contributed by atoms with van der Waals surface area (Å²) < 4.78 is 54.5. The van der Waals surface area contributed by atoms with E-state index in [1.165, 1.54) is 12.1 Å². The number of rotatable bonds is 4. The molecule has 0 bridgehead atoms. The molecule has 1 amide bonds. The zero-order chi connectivity index (χ0) is 22.1. The van der Waals surface area contributed by atoms with Crippen LogP contribution < -0.4 is 5.32 Å². The summed E-state index contributed by atoms with van der Waals surface area (Å²) >= 11 is 6.42. The summed E-state index contributed by atoms with van der Waals surface area (Å²) in [4.78, 5) is 16.5. The van der Waals surface area contributed by atoms with Crippen LogP contribution in [0.4, 0.5) is 23.2 Å². The second-order valence-electron chi connectivity index (χ2n) is 7.02. The number of thioether (sulfide) groups is 1. The van der Waals surface area contributed by atoms with Crippen LogP contribution in [0.1, 0.15) is 35.7 Å². The summed E-state index contributed by atoms with van der Waals surface area (Å²) in [6, 6.07) is 5.25. The lowest BCUT2D eigenvalue weighted by atomic mass is 9.84. The lowest BCUT2D eigenvalue weighted by Gasteiger charge is -2.26. The number of hydrogen-bond acceptors (Lipinski definition) is 4. The number of benzene rings is 1. The van der Waals surface area contributed by atoms with E-state index < -0.39 is 29.0 Å². The Morgan fingerprint density at radius 3 is 2.80 bits per heavy atom. The monoisotopic (exact) mass is 457 g/mol. The predicted octanol–water partition coefficient (Wildman–Crippen LogP) is 5.62. The third-order valence-corrected chi connectivity index (χ3v) is 5.98. The highest BCUT2D eigenvalue weighted by atomic mass is 35.5. The topological polar surface area (TPSA) is 65.8 Å². The zero-order valence-electron chi connectivity index (χ0n) is 15.7. The van der Waals surface area contributed by atoms with Crippen molar-refractivity contribution in [2.75, 3.05) is 11.1 Å². The largest absolute Gasteiger partial charge is 0.418 e. The van der Waals surface area contributed by atoms with Gasteiger partial charge in [0.1, 0.15) is 16.9 Å². The highest BCUT2D eigenvalue weighted by molar-refractivity contribution is 8.00. The number of pyridine rings is 1. The summed E-state index contributed by atoms with van der Waals surface area (Å²) in [5, 5.41) is 11.6. The Morgan fingerprint density at radius 1 is 1.43 bits per heavy atom. The van der Waals surface area contributed by atoms with E-state index in [-0.39, 0.29) is 39.4 Å². The Morgan fingerprint density at radius 2 is 2.17 bits per heavy atom. The van der Waals surface area contributed by atoms with Crippen LogP contribution in [0.25, 0.3) is 0 Å². The first kappa shape index (κ1) is 22.4. The van der Waals surface area contributed by atoms with Gasteiger partial charge in [-0.2, -0.15) is 18.4 Å². The maximum absolute atomic E-state index is 13.8. The third kappa shape index (κ3) is 4.87. The number of fused-ring (bicyclic) bond motifs is 1. The average molecular weight is 458 g/mol. The van der Waals surface area contributed by atoms with Gasteiger partial charge < -0.3 is 5.32 Å². The minimum absolute atomic E-state index is 0.0683. The normalized spacial score (nSPS) is 16.0. The maximum atomic E-state index is 13.8. The van der Waals surface area contributed by atoms with Crippen LogP contribution in [0.5, 0.6) is 0 Å². The van der Waals surface area contributed by atoms with Crippen LogP contribution in [0, 0.1) is 23.1 Å². The standard InChI is InChI=1S/C20H16ClF4N3OS/c1-10-2-5-16-12(6-10)18(20(23,24)25)13(8-26)19(28-16)30-9-17(29)27-11-3-4-15(22)14(21)7-11/h3-4,7,10H,2,5-6,9H2,1H3,(H,27,29)/t10-/m0/s1. The van der Waals surface area contributed by atoms with Gasteiger partial charge in [-0.25, -0.2) is 9.37 Å². The number of hydrogen-bond donors (Lipinski definition) is 1. The van der Waals surface area contributed by atoms with Crippen LogP contribution in [0.2, 0.25) is 5.02 Å². The molecule has 1 aliphatic rings. The molecule has 0 unspecified atom stereocenters. The first-order valence-corrected chi connectivity index (χ1v) is 10.4. The number of carbonyl (C=O) groups is 1. The summed E-state index contributed by atoms with van der Waals surface area (Å²) in [6.07, 6.45) is -3.39. The van der Waals surface area contributed by atoms with E-state index in [9.17, 15) is 27.6 Å². The van der Waals surface area contributed by atoms with Gasteiger partial charge in [0.15, 0.2) is 0 Å². The van der Waals surface area contributed by atoms with Crippen molar-refractivity contribution < 1.29 is 22.4 Å². The van der Waals surface area contributed by atoms with E-state index in [0.29, 0.717) is 18.5 Å². The molecule has 1 atom stereocenters. The molecule has 158 valence electrons. The molecule has 1 N–H and O–H groups in total. The van der Waals surface area contributed by atoms with Crippen LogP contribution in [0.15, 0.2) is 23.2 Å². The van der Waals surface area contributed by atoms with E-state index >= 15 is 0 Å². The number of alkyl halides is 3. The Kier molecular flexibility index (Phi) is 6.58. The van der Waals surface area contributed by atoms with Gasteiger partial charge >= 0.3 is 6.18 Å². The highest BCUT2D eigenvalue weighted by Crippen LogP contribution is 2.42. The van der Waals surface area contributed by atoms with E-state index in [2.05, 4.69) is 10.3 Å². The van der Waals surface area contributed by atoms with Crippen molar-refractivity contribution in [3.63, 3.8) is 0 Å². The SMILES string of the molecule is C[C@H]1CCc2nc(SCC(=O)Nc3ccc(F)c(Cl)c3)c(C#N)c(C(F)(F)F)c2C1. The summed E-state index contributed by atoms with van der Waals surface area (Å²) in [6.45, 7) is 1.86. The number of nitriles is 1. The van der Waals surface area contributed by atoms with Crippen molar-refractivity contribution in [1.29, 1.82) is 5.26 Å². The van der Waals surface area contributed by atoms with Gasteiger partial charge in [-0.1, -0.05) is 30.3 Å². The van der Waals surface area contributed by atoms with Crippen molar-refractivity contribution in [3.05, 3.63) is 51.4 Å². The molecule has 10 heteroatoms. The second kappa shape index (κ2) is 8.82. The van der Waals surface area contributed by atoms with Crippen LogP contribution in [0.3, 0.4) is 0 Å². The maximum Gasteiger partial charge on any atom is 0.418 e. The number of aryl methyl sites for hydroxylation is 1. The van der Waals surface area contributed by atoms with Crippen LogP contribution in [-0.4, -0.2) is 16.6 Å². The molecule has 0 aliphatic heterocycles. The zero-order valence-corrected chi connectivity index (χ0v) is 17.3. The first-order valence-electron chi connectivity index (χ1n) is 9.01. The number of nitrogens with one attached hydrogen (secondary N) is 1. The minimum atomic E-state index is -4.70. The molecule has 2 aromatic rings. The van der Waals surface area contributed by atoms with Crippen molar-refractivity contribution in [1.82, 2.24) is 4.98 Å². The molecule has 0 saturated carbocycles. The Labute approximate surface area is 179 Å². The molecular weight excluding hydrogens is 442 g/mol. The fourth-order valence-electron chi connectivity index (χ4n) is 3.33. The Hall–Kier alpha value is -2.31. The Balaban J connectivity index is 1.86.